The molecule has 2 aliphatic carbocycles. The van der Waals surface area contributed by atoms with Gasteiger partial charge in [-0.1, -0.05) is 59.2 Å². The molecule has 0 aliphatic heterocycles. The van der Waals surface area contributed by atoms with Gasteiger partial charge in [0.2, 0.25) is 5.88 Å². The number of nitrogens with zero attached hydrogens (tertiary/aromatic N) is 1. The van der Waals surface area contributed by atoms with Crippen molar-refractivity contribution in [2.24, 2.45) is 0 Å². The molecule has 0 spiro atoms. The van der Waals surface area contributed by atoms with Gasteiger partial charge >= 0.3 is 0 Å². The molecule has 0 saturated carbocycles. The van der Waals surface area contributed by atoms with Gasteiger partial charge < -0.3 is 9.84 Å². The molecular weight excluding hydrogens is 355 g/mol. The number of anilines is 1. The van der Waals surface area contributed by atoms with E-state index in [0.717, 1.165) is 52.6 Å². The van der Waals surface area contributed by atoms with Crippen LogP contribution in [0, 0.1) is 0 Å². The molecular formula is C20H20Cl2N2O. The number of hydrogen-bond acceptors (Lipinski definition) is 3. The highest BCUT2D eigenvalue weighted by atomic mass is 35.5. The predicted molar refractivity (Wildman–Crippen MR) is 102 cm³/mol. The van der Waals surface area contributed by atoms with Gasteiger partial charge in [0.25, 0.3) is 0 Å². The van der Waals surface area contributed by atoms with E-state index in [1.165, 1.54) is 0 Å². The zero-order chi connectivity index (χ0) is 17.4. The molecule has 0 saturated heterocycles. The summed E-state index contributed by atoms with van der Waals surface area (Å²) in [5.41, 5.74) is 4.38. The van der Waals surface area contributed by atoms with Gasteiger partial charge in [0.05, 0.1) is 10.6 Å². The summed E-state index contributed by atoms with van der Waals surface area (Å²) in [6.45, 7) is 0. The van der Waals surface area contributed by atoms with E-state index >= 15 is 0 Å². The van der Waals surface area contributed by atoms with Crippen LogP contribution in [0.4, 0.5) is 5.88 Å². The molecule has 130 valence electrons. The summed E-state index contributed by atoms with van der Waals surface area (Å²) in [6, 6.07) is 10.1. The Hall–Kier alpha value is -1.71. The van der Waals surface area contributed by atoms with Gasteiger partial charge in [-0.2, -0.15) is 0 Å². The maximum atomic E-state index is 6.89. The van der Waals surface area contributed by atoms with E-state index in [4.69, 9.17) is 27.7 Å². The molecule has 5 heteroatoms. The highest BCUT2D eigenvalue weighted by molar-refractivity contribution is 6.32. The Labute approximate surface area is 157 Å². The van der Waals surface area contributed by atoms with Crippen LogP contribution in [0.2, 0.25) is 0 Å². The smallest absolute Gasteiger partial charge is 0.228 e. The first-order valence-electron chi connectivity index (χ1n) is 8.61. The molecule has 3 nitrogen and oxygen atoms in total. The number of fused-ring (bicyclic) bond motifs is 1. The Kier molecular flexibility index (Phi) is 4.38. The number of halogens is 2. The predicted octanol–water partition coefficient (Wildman–Crippen LogP) is 5.72. The van der Waals surface area contributed by atoms with Crippen molar-refractivity contribution in [3.05, 3.63) is 69.9 Å². The number of benzene rings is 1. The van der Waals surface area contributed by atoms with Crippen LogP contribution in [0.1, 0.15) is 42.0 Å². The molecule has 0 radical (unpaired) electrons. The van der Waals surface area contributed by atoms with Gasteiger partial charge in [-0.05, 0) is 30.4 Å². The Morgan fingerprint density at radius 3 is 2.80 bits per heavy atom. The van der Waals surface area contributed by atoms with Crippen molar-refractivity contribution < 1.29 is 4.52 Å². The molecule has 25 heavy (non-hydrogen) atoms. The van der Waals surface area contributed by atoms with Crippen molar-refractivity contribution in [3.63, 3.8) is 0 Å². The SMILES string of the molecule is CNc1onc2c1C(C1=C(Cl)CC(Cl)(c3ccccc3)C=C1)CCC2. The lowest BCUT2D eigenvalue weighted by molar-refractivity contribution is 0.424. The Morgan fingerprint density at radius 2 is 2.08 bits per heavy atom. The number of aromatic nitrogens is 1. The average Bonchev–Trinajstić information content (AvgIpc) is 3.06. The first-order chi connectivity index (χ1) is 12.1. The number of alkyl halides is 1. The number of allylic oxidation sites excluding steroid dienone is 4. The summed E-state index contributed by atoms with van der Waals surface area (Å²) in [5.74, 6) is 0.953. The zero-order valence-electron chi connectivity index (χ0n) is 14.1. The molecule has 1 aromatic heterocycles. The van der Waals surface area contributed by atoms with E-state index in [2.05, 4.69) is 22.6 Å². The van der Waals surface area contributed by atoms with Crippen LogP contribution in [-0.4, -0.2) is 12.2 Å². The van der Waals surface area contributed by atoms with Crippen LogP contribution in [-0.2, 0) is 11.3 Å². The minimum atomic E-state index is -0.584. The van der Waals surface area contributed by atoms with Crippen LogP contribution in [0.3, 0.4) is 0 Å². The number of aryl methyl sites for hydroxylation is 1. The average molecular weight is 375 g/mol. The molecule has 0 fully saturated rings. The molecule has 2 unspecified atom stereocenters. The summed E-state index contributed by atoms with van der Waals surface area (Å²) in [7, 11) is 1.86. The second kappa shape index (κ2) is 6.54. The largest absolute Gasteiger partial charge is 0.357 e. The quantitative estimate of drug-likeness (QED) is 0.697. The summed E-state index contributed by atoms with van der Waals surface area (Å²) in [5, 5.41) is 8.16. The molecule has 0 amide bonds. The minimum Gasteiger partial charge on any atom is -0.357 e. The van der Waals surface area contributed by atoms with Crippen LogP contribution >= 0.6 is 23.2 Å². The van der Waals surface area contributed by atoms with Crippen molar-refractivity contribution in [2.45, 2.75) is 36.5 Å². The number of nitrogens with one attached hydrogen (secondary N) is 1. The number of hydrogen-bond donors (Lipinski definition) is 1. The van der Waals surface area contributed by atoms with Crippen LogP contribution in [0.25, 0.3) is 0 Å². The summed E-state index contributed by atoms with van der Waals surface area (Å²) in [4.78, 5) is -0.584. The summed E-state index contributed by atoms with van der Waals surface area (Å²) in [6.07, 6.45) is 7.84. The molecule has 1 heterocycles. The van der Waals surface area contributed by atoms with Crippen LogP contribution in [0.5, 0.6) is 0 Å². The standard InChI is InChI=1S/C20H20Cl2N2O/c1-23-19-18-15(8-5-9-17(18)24-25-19)14-10-11-20(22,12-16(14)21)13-6-3-2-4-7-13/h2-4,6-7,10-11,15,23H,5,8-9,12H2,1H3. The van der Waals surface area contributed by atoms with Gasteiger partial charge in [0.1, 0.15) is 0 Å². The fraction of sp³-hybridized carbons (Fsp3) is 0.350. The van der Waals surface area contributed by atoms with Crippen molar-refractivity contribution >= 4 is 29.1 Å². The third kappa shape index (κ3) is 2.90. The maximum Gasteiger partial charge on any atom is 0.228 e. The fourth-order valence-electron chi connectivity index (χ4n) is 3.90. The lowest BCUT2D eigenvalue weighted by atomic mass is 9.77. The third-order valence-corrected chi connectivity index (χ3v) is 6.00. The van der Waals surface area contributed by atoms with Gasteiger partial charge in [-0.15, -0.1) is 11.6 Å². The van der Waals surface area contributed by atoms with E-state index in [-0.39, 0.29) is 5.92 Å². The lowest BCUT2D eigenvalue weighted by Crippen LogP contribution is -2.21. The monoisotopic (exact) mass is 374 g/mol. The van der Waals surface area contributed by atoms with Crippen LogP contribution < -0.4 is 5.32 Å². The van der Waals surface area contributed by atoms with E-state index in [1.54, 1.807) is 0 Å². The molecule has 4 rings (SSSR count). The Morgan fingerprint density at radius 1 is 1.28 bits per heavy atom. The van der Waals surface area contributed by atoms with E-state index < -0.39 is 4.87 Å². The summed E-state index contributed by atoms with van der Waals surface area (Å²) >= 11 is 13.6. The van der Waals surface area contributed by atoms with Crippen molar-refractivity contribution in [1.29, 1.82) is 0 Å². The second-order valence-electron chi connectivity index (χ2n) is 6.67. The highest BCUT2D eigenvalue weighted by Crippen LogP contribution is 2.49. The van der Waals surface area contributed by atoms with E-state index in [9.17, 15) is 0 Å². The summed E-state index contributed by atoms with van der Waals surface area (Å²) < 4.78 is 5.46. The minimum absolute atomic E-state index is 0.207. The molecule has 1 N–H and O–H groups in total. The molecule has 1 aromatic carbocycles. The third-order valence-electron chi connectivity index (χ3n) is 5.17. The molecule has 0 bridgehead atoms. The van der Waals surface area contributed by atoms with Crippen molar-refractivity contribution in [2.75, 3.05) is 12.4 Å². The zero-order valence-corrected chi connectivity index (χ0v) is 15.6. The lowest BCUT2D eigenvalue weighted by Gasteiger charge is -2.32. The normalized spacial score (nSPS) is 25.8. The van der Waals surface area contributed by atoms with E-state index in [1.807, 2.05) is 37.4 Å². The van der Waals surface area contributed by atoms with Gasteiger partial charge in [-0.25, -0.2) is 0 Å². The molecule has 2 atom stereocenters. The van der Waals surface area contributed by atoms with Gasteiger partial charge in [0, 0.05) is 30.0 Å². The van der Waals surface area contributed by atoms with Crippen LogP contribution in [0.15, 0.2) is 57.6 Å². The van der Waals surface area contributed by atoms with Crippen molar-refractivity contribution in [3.8, 4) is 0 Å². The molecule has 2 aliphatic rings. The topological polar surface area (TPSA) is 38.1 Å². The highest BCUT2D eigenvalue weighted by Gasteiger charge is 2.36. The Balaban J connectivity index is 1.69. The maximum absolute atomic E-state index is 6.89. The van der Waals surface area contributed by atoms with E-state index in [0.29, 0.717) is 6.42 Å². The van der Waals surface area contributed by atoms with Gasteiger partial charge in [-0.3, -0.25) is 0 Å². The first-order valence-corrected chi connectivity index (χ1v) is 9.36. The molecule has 2 aromatic rings. The number of rotatable bonds is 3. The first kappa shape index (κ1) is 16.7. The fourth-order valence-corrected chi connectivity index (χ4v) is 4.69. The van der Waals surface area contributed by atoms with Gasteiger partial charge in [0.15, 0.2) is 0 Å². The Bertz CT molecular complexity index is 827. The second-order valence-corrected chi connectivity index (χ2v) is 7.80. The van der Waals surface area contributed by atoms with Crippen molar-refractivity contribution in [1.82, 2.24) is 5.16 Å².